The Morgan fingerprint density at radius 3 is 2.25 bits per heavy atom. The molecule has 0 aromatic heterocycles. The van der Waals surface area contributed by atoms with Crippen LogP contribution in [0, 0.1) is 0 Å². The van der Waals surface area contributed by atoms with Crippen LogP contribution in [0.5, 0.6) is 0 Å². The van der Waals surface area contributed by atoms with E-state index in [4.69, 9.17) is 0 Å². The molecule has 0 saturated heterocycles. The molecule has 4 rings (SSSR count). The molecule has 2 nitrogen and oxygen atoms in total. The van der Waals surface area contributed by atoms with Crippen molar-refractivity contribution in [1.82, 2.24) is 0 Å². The number of sulfone groups is 1. The van der Waals surface area contributed by atoms with Gasteiger partial charge in [0.25, 0.3) is 0 Å². The molecule has 0 heterocycles. The van der Waals surface area contributed by atoms with Gasteiger partial charge in [0.05, 0.1) is 9.80 Å². The van der Waals surface area contributed by atoms with Crippen LogP contribution in [0.15, 0.2) is 70.5 Å². The first-order chi connectivity index (χ1) is 9.68. The highest BCUT2D eigenvalue weighted by molar-refractivity contribution is 7.95. The molecule has 20 heavy (non-hydrogen) atoms. The van der Waals surface area contributed by atoms with Crippen molar-refractivity contribution in [2.45, 2.75) is 23.2 Å². The van der Waals surface area contributed by atoms with E-state index in [0.717, 1.165) is 6.42 Å². The fourth-order valence-electron chi connectivity index (χ4n) is 3.43. The molecule has 0 fully saturated rings. The maximum Gasteiger partial charge on any atom is 0.203 e. The van der Waals surface area contributed by atoms with Crippen molar-refractivity contribution in [2.75, 3.05) is 0 Å². The molecule has 100 valence electrons. The van der Waals surface area contributed by atoms with Crippen LogP contribution in [-0.4, -0.2) is 8.42 Å². The predicted octanol–water partition coefficient (Wildman–Crippen LogP) is 3.63. The minimum absolute atomic E-state index is 0.0430. The Labute approximate surface area is 118 Å². The molecule has 0 unspecified atom stereocenters. The van der Waals surface area contributed by atoms with E-state index in [9.17, 15) is 8.42 Å². The molecule has 2 bridgehead atoms. The van der Waals surface area contributed by atoms with Crippen LogP contribution in [0.1, 0.15) is 29.4 Å². The lowest BCUT2D eigenvalue weighted by molar-refractivity contribution is 0.598. The predicted molar refractivity (Wildman–Crippen MR) is 78.3 cm³/mol. The summed E-state index contributed by atoms with van der Waals surface area (Å²) in [6.07, 6.45) is 2.86. The smallest absolute Gasteiger partial charge is 0.203 e. The fraction of sp³-hybridized carbons (Fsp3) is 0.176. The monoisotopic (exact) mass is 282 g/mol. The Kier molecular flexibility index (Phi) is 2.42. The summed E-state index contributed by atoms with van der Waals surface area (Å²) in [6.45, 7) is 0. The average Bonchev–Trinajstić information content (AvgIpc) is 3.08. The van der Waals surface area contributed by atoms with Gasteiger partial charge in [0.2, 0.25) is 9.84 Å². The molecular weight excluding hydrogens is 268 g/mol. The third-order valence-electron chi connectivity index (χ3n) is 4.33. The molecule has 0 N–H and O–H groups in total. The zero-order valence-corrected chi connectivity index (χ0v) is 11.7. The average molecular weight is 282 g/mol. The lowest BCUT2D eigenvalue weighted by Crippen LogP contribution is -2.10. The van der Waals surface area contributed by atoms with Crippen molar-refractivity contribution >= 4 is 9.84 Å². The Balaban J connectivity index is 1.82. The summed E-state index contributed by atoms with van der Waals surface area (Å²) in [6, 6.07) is 16.9. The Morgan fingerprint density at radius 1 is 0.850 bits per heavy atom. The summed E-state index contributed by atoms with van der Waals surface area (Å²) in [5, 5.41) is 0. The summed E-state index contributed by atoms with van der Waals surface area (Å²) in [7, 11) is -3.35. The molecule has 2 aromatic carbocycles. The molecule has 2 aromatic rings. The number of rotatable bonds is 2. The third kappa shape index (κ3) is 1.53. The van der Waals surface area contributed by atoms with Gasteiger partial charge < -0.3 is 0 Å². The van der Waals surface area contributed by atoms with Gasteiger partial charge in [0.1, 0.15) is 0 Å². The third-order valence-corrected chi connectivity index (χ3v) is 6.27. The van der Waals surface area contributed by atoms with Crippen molar-refractivity contribution < 1.29 is 8.42 Å². The Bertz CT molecular complexity index is 804. The van der Waals surface area contributed by atoms with E-state index in [1.54, 1.807) is 24.3 Å². The Morgan fingerprint density at radius 2 is 1.50 bits per heavy atom. The lowest BCUT2D eigenvalue weighted by atomic mass is 9.97. The van der Waals surface area contributed by atoms with E-state index in [0.29, 0.717) is 9.80 Å². The first kappa shape index (κ1) is 11.9. The van der Waals surface area contributed by atoms with Crippen molar-refractivity contribution in [2.24, 2.45) is 0 Å². The maximum absolute atomic E-state index is 12.8. The molecule has 0 spiro atoms. The standard InChI is InChI=1S/C17H14O2S/c18-20(19,13-6-2-1-3-7-13)17-11-12-10-16(17)15-9-5-4-8-14(12)15/h1-9,11-12,16H,10H2/t12-,16-/m1/s1. The van der Waals surface area contributed by atoms with Crippen LogP contribution in [0.4, 0.5) is 0 Å². The quantitative estimate of drug-likeness (QED) is 0.843. The first-order valence-electron chi connectivity index (χ1n) is 6.78. The van der Waals surface area contributed by atoms with Gasteiger partial charge >= 0.3 is 0 Å². The van der Waals surface area contributed by atoms with Crippen molar-refractivity contribution in [3.05, 3.63) is 76.7 Å². The fourth-order valence-corrected chi connectivity index (χ4v) is 5.16. The zero-order chi connectivity index (χ0) is 13.7. The molecule has 2 aliphatic rings. The zero-order valence-electron chi connectivity index (χ0n) is 10.9. The number of hydrogen-bond donors (Lipinski definition) is 0. The minimum atomic E-state index is -3.35. The topological polar surface area (TPSA) is 34.1 Å². The van der Waals surface area contributed by atoms with E-state index in [2.05, 4.69) is 12.1 Å². The largest absolute Gasteiger partial charge is 0.219 e. The highest BCUT2D eigenvalue weighted by Crippen LogP contribution is 2.54. The second-order valence-corrected chi connectivity index (χ2v) is 7.36. The summed E-state index contributed by atoms with van der Waals surface area (Å²) in [4.78, 5) is 0.990. The van der Waals surface area contributed by atoms with Crippen molar-refractivity contribution in [1.29, 1.82) is 0 Å². The highest BCUT2D eigenvalue weighted by atomic mass is 32.2. The van der Waals surface area contributed by atoms with Gasteiger partial charge in [-0.3, -0.25) is 0 Å². The van der Waals surface area contributed by atoms with E-state index < -0.39 is 9.84 Å². The van der Waals surface area contributed by atoms with Gasteiger partial charge in [-0.15, -0.1) is 0 Å². The molecular formula is C17H14O2S. The maximum atomic E-state index is 12.8. The van der Waals surface area contributed by atoms with Gasteiger partial charge in [-0.05, 0) is 29.7 Å². The summed E-state index contributed by atoms with van der Waals surface area (Å²) in [5.74, 6) is 0.311. The number of fused-ring (bicyclic) bond motifs is 5. The van der Waals surface area contributed by atoms with Gasteiger partial charge in [-0.1, -0.05) is 48.5 Å². The van der Waals surface area contributed by atoms with Crippen molar-refractivity contribution in [3.63, 3.8) is 0 Å². The van der Waals surface area contributed by atoms with Crippen molar-refractivity contribution in [3.8, 4) is 0 Å². The molecule has 0 aliphatic heterocycles. The SMILES string of the molecule is O=S(=O)(C1=C[C@H]2C[C@@H]1c1ccccc12)c1ccccc1. The molecule has 2 aliphatic carbocycles. The van der Waals surface area contributed by atoms with Crippen LogP contribution in [0.25, 0.3) is 0 Å². The molecule has 3 heteroatoms. The summed E-state index contributed by atoms with van der Waals surface area (Å²) < 4.78 is 25.5. The van der Waals surface area contributed by atoms with E-state index >= 15 is 0 Å². The number of allylic oxidation sites excluding steroid dienone is 2. The van der Waals surface area contributed by atoms with Gasteiger partial charge in [-0.25, -0.2) is 8.42 Å². The Hall–Kier alpha value is -1.87. The van der Waals surface area contributed by atoms with Crippen LogP contribution in [0.2, 0.25) is 0 Å². The highest BCUT2D eigenvalue weighted by Gasteiger charge is 2.42. The van der Waals surface area contributed by atoms with E-state index in [-0.39, 0.29) is 11.8 Å². The van der Waals surface area contributed by atoms with Crippen LogP contribution in [0.3, 0.4) is 0 Å². The molecule has 0 saturated carbocycles. The number of hydrogen-bond acceptors (Lipinski definition) is 2. The van der Waals surface area contributed by atoms with Gasteiger partial charge in [0.15, 0.2) is 0 Å². The van der Waals surface area contributed by atoms with E-state index in [1.807, 2.05) is 24.3 Å². The first-order valence-corrected chi connectivity index (χ1v) is 8.27. The number of benzene rings is 2. The van der Waals surface area contributed by atoms with E-state index in [1.165, 1.54) is 11.1 Å². The minimum Gasteiger partial charge on any atom is -0.219 e. The molecule has 0 amide bonds. The van der Waals surface area contributed by atoms with Gasteiger partial charge in [0, 0.05) is 11.8 Å². The van der Waals surface area contributed by atoms with Crippen LogP contribution in [-0.2, 0) is 9.84 Å². The molecule has 2 atom stereocenters. The summed E-state index contributed by atoms with van der Waals surface area (Å²) >= 11 is 0. The van der Waals surface area contributed by atoms with Gasteiger partial charge in [-0.2, -0.15) is 0 Å². The second-order valence-electron chi connectivity index (χ2n) is 5.41. The second kappa shape index (κ2) is 4.06. The van der Waals surface area contributed by atoms with Crippen LogP contribution < -0.4 is 0 Å². The normalized spacial score (nSPS) is 23.5. The lowest BCUT2D eigenvalue weighted by Gasteiger charge is -2.17. The van der Waals surface area contributed by atoms with Crippen LogP contribution >= 0.6 is 0 Å². The summed E-state index contributed by atoms with van der Waals surface area (Å²) in [5.41, 5.74) is 2.49. The molecule has 0 radical (unpaired) electrons.